The minimum Gasteiger partial charge on any atom is -0.339 e. The first-order valence-electron chi connectivity index (χ1n) is 8.64. The molecule has 1 aliphatic rings. The molecule has 0 bridgehead atoms. The van der Waals surface area contributed by atoms with Gasteiger partial charge in [0.1, 0.15) is 5.82 Å². The van der Waals surface area contributed by atoms with Crippen LogP contribution in [0, 0.1) is 19.8 Å². The zero-order valence-electron chi connectivity index (χ0n) is 14.7. The minimum atomic E-state index is 0.119. The molecule has 3 heterocycles. The number of pyridine rings is 1. The molecule has 2 aromatic rings. The van der Waals surface area contributed by atoms with E-state index in [2.05, 4.69) is 11.9 Å². The molecule has 0 aromatic carbocycles. The molecule has 1 atom stereocenters. The van der Waals surface area contributed by atoms with E-state index in [1.807, 2.05) is 47.6 Å². The molecular formula is C19H26N4O. The van der Waals surface area contributed by atoms with Crippen LogP contribution in [-0.4, -0.2) is 39.5 Å². The number of amides is 1. The molecule has 2 aromatic heterocycles. The highest BCUT2D eigenvalue weighted by molar-refractivity contribution is 5.96. The van der Waals surface area contributed by atoms with Crippen LogP contribution in [0.4, 0.5) is 0 Å². The van der Waals surface area contributed by atoms with Crippen molar-refractivity contribution in [2.24, 2.45) is 11.7 Å². The number of carbonyl (C=O) groups is 1. The van der Waals surface area contributed by atoms with Gasteiger partial charge in [0.15, 0.2) is 0 Å². The summed E-state index contributed by atoms with van der Waals surface area (Å²) in [6.45, 7) is 7.64. The molecule has 5 heteroatoms. The summed E-state index contributed by atoms with van der Waals surface area (Å²) in [5, 5.41) is 0. The molecule has 2 N–H and O–H groups in total. The van der Waals surface area contributed by atoms with Crippen LogP contribution in [0.2, 0.25) is 0 Å². The number of piperidine rings is 1. The fourth-order valence-corrected chi connectivity index (χ4v) is 3.62. The number of aryl methyl sites for hydroxylation is 1. The maximum Gasteiger partial charge on any atom is 0.255 e. The molecule has 0 saturated carbocycles. The average molecular weight is 326 g/mol. The zero-order chi connectivity index (χ0) is 17.3. The molecular weight excluding hydrogens is 300 g/mol. The molecule has 5 nitrogen and oxygen atoms in total. The molecule has 1 fully saturated rings. The van der Waals surface area contributed by atoms with Crippen molar-refractivity contribution < 1.29 is 4.79 Å². The zero-order valence-corrected chi connectivity index (χ0v) is 14.7. The van der Waals surface area contributed by atoms with Gasteiger partial charge in [-0.15, -0.1) is 0 Å². The van der Waals surface area contributed by atoms with Crippen molar-refractivity contribution in [2.75, 3.05) is 13.1 Å². The fraction of sp³-hybridized carbons (Fsp3) is 0.474. The van der Waals surface area contributed by atoms with E-state index < -0.39 is 0 Å². The molecule has 128 valence electrons. The minimum absolute atomic E-state index is 0.119. The lowest BCUT2D eigenvalue weighted by Crippen LogP contribution is -2.42. The Labute approximate surface area is 143 Å². The van der Waals surface area contributed by atoms with Gasteiger partial charge in [0.05, 0.1) is 5.56 Å². The van der Waals surface area contributed by atoms with Crippen molar-refractivity contribution in [1.82, 2.24) is 14.5 Å². The van der Waals surface area contributed by atoms with Crippen molar-refractivity contribution in [3.63, 3.8) is 0 Å². The number of nitrogens with two attached hydrogens (primary N) is 1. The average Bonchev–Trinajstić information content (AvgIpc) is 2.89. The van der Waals surface area contributed by atoms with Gasteiger partial charge >= 0.3 is 0 Å². The molecule has 0 spiro atoms. The fourth-order valence-electron chi connectivity index (χ4n) is 3.62. The Bertz CT molecular complexity index is 712. The Balaban J connectivity index is 1.82. The van der Waals surface area contributed by atoms with Gasteiger partial charge in [0, 0.05) is 36.7 Å². The van der Waals surface area contributed by atoms with Crippen LogP contribution >= 0.6 is 0 Å². The molecule has 0 radical (unpaired) electrons. The van der Waals surface area contributed by atoms with Crippen LogP contribution in [-0.2, 0) is 0 Å². The summed E-state index contributed by atoms with van der Waals surface area (Å²) in [6.07, 6.45) is 3.75. The third-order valence-corrected chi connectivity index (χ3v) is 5.11. The van der Waals surface area contributed by atoms with Gasteiger partial charge in [-0.25, -0.2) is 4.98 Å². The van der Waals surface area contributed by atoms with Crippen molar-refractivity contribution in [3.05, 3.63) is 47.4 Å². The lowest BCUT2D eigenvalue weighted by atomic mass is 9.90. The maximum absolute atomic E-state index is 13.0. The maximum atomic E-state index is 13.0. The summed E-state index contributed by atoms with van der Waals surface area (Å²) >= 11 is 0. The number of hydrogen-bond donors (Lipinski definition) is 1. The van der Waals surface area contributed by atoms with E-state index in [9.17, 15) is 4.79 Å². The molecule has 24 heavy (non-hydrogen) atoms. The molecule has 1 unspecified atom stereocenters. The second-order valence-corrected chi connectivity index (χ2v) is 6.80. The number of aromatic nitrogens is 2. The Morgan fingerprint density at radius 1 is 1.29 bits per heavy atom. The quantitative estimate of drug-likeness (QED) is 0.943. The second-order valence-electron chi connectivity index (χ2n) is 6.80. The molecule has 3 rings (SSSR count). The highest BCUT2D eigenvalue weighted by atomic mass is 16.2. The number of nitrogens with zero attached hydrogens (tertiary/aromatic N) is 3. The Morgan fingerprint density at radius 3 is 2.58 bits per heavy atom. The largest absolute Gasteiger partial charge is 0.339 e. The predicted octanol–water partition coefficient (Wildman–Crippen LogP) is 2.69. The predicted molar refractivity (Wildman–Crippen MR) is 95.3 cm³/mol. The Morgan fingerprint density at radius 2 is 2.00 bits per heavy atom. The van der Waals surface area contributed by atoms with E-state index in [1.165, 1.54) is 0 Å². The van der Waals surface area contributed by atoms with Crippen LogP contribution in [0.15, 0.2) is 30.5 Å². The van der Waals surface area contributed by atoms with Gasteiger partial charge in [-0.1, -0.05) is 6.07 Å². The first kappa shape index (κ1) is 16.7. The van der Waals surface area contributed by atoms with Crippen molar-refractivity contribution in [1.29, 1.82) is 0 Å². The lowest BCUT2D eigenvalue weighted by molar-refractivity contribution is 0.0680. The summed E-state index contributed by atoms with van der Waals surface area (Å²) in [6, 6.07) is 8.00. The van der Waals surface area contributed by atoms with E-state index in [0.717, 1.165) is 48.7 Å². The Kier molecular flexibility index (Phi) is 4.71. The summed E-state index contributed by atoms with van der Waals surface area (Å²) in [5.41, 5.74) is 8.75. The van der Waals surface area contributed by atoms with Crippen LogP contribution in [0.1, 0.15) is 41.5 Å². The standard InChI is InChI=1S/C19H26N4O/c1-13-12-17(15(3)23(13)18-6-4-5-9-21-18)19(24)22-10-7-16(8-11-22)14(2)20/h4-6,9,12,14,16H,7-8,10-11,20H2,1-3H3. The van der Waals surface area contributed by atoms with Gasteiger partial charge < -0.3 is 15.2 Å². The first-order valence-corrected chi connectivity index (χ1v) is 8.64. The highest BCUT2D eigenvalue weighted by Crippen LogP contribution is 2.24. The van der Waals surface area contributed by atoms with Crippen LogP contribution < -0.4 is 5.73 Å². The van der Waals surface area contributed by atoms with Gasteiger partial charge in [-0.2, -0.15) is 0 Å². The second kappa shape index (κ2) is 6.77. The van der Waals surface area contributed by atoms with Gasteiger partial charge in [0.2, 0.25) is 0 Å². The topological polar surface area (TPSA) is 64.2 Å². The van der Waals surface area contributed by atoms with E-state index in [4.69, 9.17) is 5.73 Å². The van der Waals surface area contributed by atoms with Crippen LogP contribution in [0.3, 0.4) is 0 Å². The number of hydrogen-bond acceptors (Lipinski definition) is 3. The SMILES string of the molecule is Cc1cc(C(=O)N2CCC(C(C)N)CC2)c(C)n1-c1ccccn1. The number of likely N-dealkylation sites (tertiary alicyclic amines) is 1. The summed E-state index contributed by atoms with van der Waals surface area (Å²) in [7, 11) is 0. The third-order valence-electron chi connectivity index (χ3n) is 5.11. The first-order chi connectivity index (χ1) is 11.5. The van der Waals surface area contributed by atoms with E-state index >= 15 is 0 Å². The summed E-state index contributed by atoms with van der Waals surface area (Å²) in [4.78, 5) is 19.3. The number of carbonyl (C=O) groups excluding carboxylic acids is 1. The molecule has 1 saturated heterocycles. The normalized spacial score (nSPS) is 17.1. The smallest absolute Gasteiger partial charge is 0.255 e. The number of rotatable bonds is 3. The Hall–Kier alpha value is -2.14. The summed E-state index contributed by atoms with van der Waals surface area (Å²) in [5.74, 6) is 1.49. The molecule has 1 aliphatic heterocycles. The van der Waals surface area contributed by atoms with Crippen molar-refractivity contribution in [3.8, 4) is 5.82 Å². The van der Waals surface area contributed by atoms with E-state index in [-0.39, 0.29) is 11.9 Å². The third kappa shape index (κ3) is 3.08. The lowest BCUT2D eigenvalue weighted by Gasteiger charge is -2.33. The monoisotopic (exact) mass is 326 g/mol. The molecule has 0 aliphatic carbocycles. The summed E-state index contributed by atoms with van der Waals surface area (Å²) < 4.78 is 2.04. The van der Waals surface area contributed by atoms with Crippen molar-refractivity contribution >= 4 is 5.91 Å². The van der Waals surface area contributed by atoms with Gasteiger partial charge in [-0.05, 0) is 57.7 Å². The van der Waals surface area contributed by atoms with Crippen LogP contribution in [0.5, 0.6) is 0 Å². The van der Waals surface area contributed by atoms with Gasteiger partial charge in [-0.3, -0.25) is 4.79 Å². The van der Waals surface area contributed by atoms with Gasteiger partial charge in [0.25, 0.3) is 5.91 Å². The van der Waals surface area contributed by atoms with E-state index in [0.29, 0.717) is 5.92 Å². The van der Waals surface area contributed by atoms with Crippen LogP contribution in [0.25, 0.3) is 5.82 Å². The molecule has 1 amide bonds. The van der Waals surface area contributed by atoms with E-state index in [1.54, 1.807) is 6.20 Å². The highest BCUT2D eigenvalue weighted by Gasteiger charge is 2.27. The van der Waals surface area contributed by atoms with Crippen molar-refractivity contribution in [2.45, 2.75) is 39.7 Å².